The highest BCUT2D eigenvalue weighted by Crippen LogP contribution is 2.08. The zero-order valence-electron chi connectivity index (χ0n) is 8.80. The van der Waals surface area contributed by atoms with Gasteiger partial charge in [-0.3, -0.25) is 4.79 Å². The van der Waals surface area contributed by atoms with Gasteiger partial charge in [0.2, 0.25) is 0 Å². The molecule has 0 N–H and O–H groups in total. The number of hydrogen-bond donors (Lipinski definition) is 0. The Morgan fingerprint density at radius 1 is 0.750 bits per heavy atom. The maximum absolute atomic E-state index is 12.2. The third-order valence-corrected chi connectivity index (χ3v) is 1.51. The maximum Gasteiger partial charge on any atom is 0.191 e. The maximum atomic E-state index is 12.2. The molecule has 0 spiro atoms. The Morgan fingerprint density at radius 3 is 1.31 bits per heavy atom. The number of Topliss-reactive ketones (excluding diaryl/α,β-unsaturated/α-hetero) is 1. The minimum atomic E-state index is -0.688. The highest BCUT2D eigenvalue weighted by Gasteiger charge is 2.06. The average molecular weight is 222 g/mol. The minimum Gasteiger partial charge on any atom is -0.289 e. The predicted molar refractivity (Wildman–Crippen MR) is 62.1 cm³/mol. The zero-order chi connectivity index (χ0) is 12.7. The first-order chi connectivity index (χ1) is 7.34. The van der Waals surface area contributed by atoms with Gasteiger partial charge in [0.1, 0.15) is 11.7 Å². The third kappa shape index (κ3) is 5.65. The van der Waals surface area contributed by atoms with Crippen molar-refractivity contribution in [2.75, 3.05) is 0 Å². The molecule has 1 nitrogen and oxygen atoms in total. The zero-order valence-corrected chi connectivity index (χ0v) is 8.80. The lowest BCUT2D eigenvalue weighted by Gasteiger charge is -1.98. The summed E-state index contributed by atoms with van der Waals surface area (Å²) in [5, 5.41) is 0. The van der Waals surface area contributed by atoms with Crippen molar-refractivity contribution in [3.63, 3.8) is 0 Å². The van der Waals surface area contributed by atoms with Crippen LogP contribution < -0.4 is 0 Å². The van der Waals surface area contributed by atoms with Gasteiger partial charge in [-0.1, -0.05) is 26.3 Å². The van der Waals surface area contributed by atoms with E-state index in [4.69, 9.17) is 0 Å². The minimum absolute atomic E-state index is 0.0397. The van der Waals surface area contributed by atoms with Crippen molar-refractivity contribution in [1.29, 1.82) is 0 Å². The molecule has 0 aliphatic rings. The molecular weight excluding hydrogens is 210 g/mol. The van der Waals surface area contributed by atoms with E-state index in [0.717, 1.165) is 12.2 Å². The summed E-state index contributed by atoms with van der Waals surface area (Å²) in [5.41, 5.74) is 0.0795. The van der Waals surface area contributed by atoms with Crippen LogP contribution in [0.2, 0.25) is 0 Å². The van der Waals surface area contributed by atoms with Gasteiger partial charge in [-0.25, -0.2) is 8.78 Å². The number of halogens is 2. The van der Waals surface area contributed by atoms with E-state index in [2.05, 4.69) is 26.3 Å². The largest absolute Gasteiger partial charge is 0.289 e. The molecule has 0 aliphatic heterocycles. The SMILES string of the molecule is C=C(F)/C=C\C(=C)C(=O)C(=C)/C=C\C(=C)F. The summed E-state index contributed by atoms with van der Waals surface area (Å²) in [6.07, 6.45) is 4.36. The molecule has 0 aromatic rings. The van der Waals surface area contributed by atoms with Crippen molar-refractivity contribution >= 4 is 5.78 Å². The summed E-state index contributed by atoms with van der Waals surface area (Å²) in [7, 11) is 0. The molecule has 0 aromatic heterocycles. The van der Waals surface area contributed by atoms with E-state index in [-0.39, 0.29) is 11.1 Å². The van der Waals surface area contributed by atoms with E-state index < -0.39 is 17.4 Å². The fourth-order valence-corrected chi connectivity index (χ4v) is 0.740. The van der Waals surface area contributed by atoms with Crippen molar-refractivity contribution in [2.45, 2.75) is 0 Å². The molecule has 84 valence electrons. The topological polar surface area (TPSA) is 17.1 Å². The third-order valence-electron chi connectivity index (χ3n) is 1.51. The van der Waals surface area contributed by atoms with Crippen LogP contribution in [0.1, 0.15) is 0 Å². The van der Waals surface area contributed by atoms with E-state index in [9.17, 15) is 13.6 Å². The normalized spacial score (nSPS) is 10.6. The average Bonchev–Trinajstić information content (AvgIpc) is 2.21. The Bertz CT molecular complexity index is 374. The monoisotopic (exact) mass is 222 g/mol. The second kappa shape index (κ2) is 6.45. The van der Waals surface area contributed by atoms with Crippen LogP contribution in [0.4, 0.5) is 8.78 Å². The van der Waals surface area contributed by atoms with Crippen LogP contribution >= 0.6 is 0 Å². The van der Waals surface area contributed by atoms with Crippen LogP contribution in [0.3, 0.4) is 0 Å². The van der Waals surface area contributed by atoms with Gasteiger partial charge in [0, 0.05) is 11.1 Å². The Morgan fingerprint density at radius 2 is 1.06 bits per heavy atom. The quantitative estimate of drug-likeness (QED) is 0.494. The second-order valence-electron chi connectivity index (χ2n) is 2.94. The van der Waals surface area contributed by atoms with Crippen molar-refractivity contribution in [1.82, 2.24) is 0 Å². The Kier molecular flexibility index (Phi) is 5.63. The van der Waals surface area contributed by atoms with Crippen LogP contribution in [0.5, 0.6) is 0 Å². The molecule has 0 atom stereocenters. The van der Waals surface area contributed by atoms with Crippen LogP contribution in [-0.2, 0) is 4.79 Å². The Labute approximate surface area is 93.5 Å². The van der Waals surface area contributed by atoms with Crippen molar-refractivity contribution < 1.29 is 13.6 Å². The van der Waals surface area contributed by atoms with Crippen LogP contribution in [-0.4, -0.2) is 5.78 Å². The van der Waals surface area contributed by atoms with Gasteiger partial charge in [-0.05, 0) is 24.3 Å². The lowest BCUT2D eigenvalue weighted by molar-refractivity contribution is -0.111. The molecule has 16 heavy (non-hydrogen) atoms. The highest BCUT2D eigenvalue weighted by atomic mass is 19.1. The number of carbonyl (C=O) groups excluding carboxylic acids is 1. The second-order valence-corrected chi connectivity index (χ2v) is 2.94. The van der Waals surface area contributed by atoms with E-state index in [1.807, 2.05) is 0 Å². The molecule has 3 heteroatoms. The molecular formula is C13H12F2O. The summed E-state index contributed by atoms with van der Waals surface area (Å²) in [5.74, 6) is -1.88. The number of ketones is 1. The lowest BCUT2D eigenvalue weighted by atomic mass is 10.1. The van der Waals surface area contributed by atoms with Gasteiger partial charge in [0.15, 0.2) is 5.78 Å². The van der Waals surface area contributed by atoms with Crippen molar-refractivity contribution in [2.24, 2.45) is 0 Å². The summed E-state index contributed by atoms with van der Waals surface area (Å²) >= 11 is 0. The van der Waals surface area contributed by atoms with Gasteiger partial charge in [0.05, 0.1) is 0 Å². The van der Waals surface area contributed by atoms with Crippen LogP contribution in [0.25, 0.3) is 0 Å². The molecule has 0 aromatic carbocycles. The number of carbonyl (C=O) groups is 1. The van der Waals surface area contributed by atoms with E-state index in [1.54, 1.807) is 0 Å². The molecule has 0 unspecified atom stereocenters. The van der Waals surface area contributed by atoms with Gasteiger partial charge >= 0.3 is 0 Å². The first-order valence-electron chi connectivity index (χ1n) is 4.32. The number of rotatable bonds is 6. The molecule has 0 rings (SSSR count). The molecule has 0 saturated carbocycles. The van der Waals surface area contributed by atoms with Crippen LogP contribution in [0, 0.1) is 0 Å². The van der Waals surface area contributed by atoms with Gasteiger partial charge < -0.3 is 0 Å². The van der Waals surface area contributed by atoms with Crippen molar-refractivity contribution in [3.05, 3.63) is 73.4 Å². The molecule has 0 fully saturated rings. The molecule has 0 bridgehead atoms. The van der Waals surface area contributed by atoms with Gasteiger partial charge in [-0.15, -0.1) is 0 Å². The smallest absolute Gasteiger partial charge is 0.191 e. The molecule has 0 radical (unpaired) electrons. The summed E-state index contributed by atoms with van der Waals surface area (Å²) in [4.78, 5) is 11.5. The Balaban J connectivity index is 4.57. The first kappa shape index (κ1) is 14.0. The fraction of sp³-hybridized carbons (Fsp3) is 0. The summed E-state index contributed by atoms with van der Waals surface area (Å²) < 4.78 is 24.5. The fourth-order valence-electron chi connectivity index (χ4n) is 0.740. The summed E-state index contributed by atoms with van der Waals surface area (Å²) in [6.45, 7) is 12.8. The van der Waals surface area contributed by atoms with Crippen LogP contribution in [0.15, 0.2) is 73.4 Å². The standard InChI is InChI=1S/C13H12F2O/c1-9(5-7-11(3)14)13(16)10(2)6-8-12(4)15/h5-8H,1-4H2/b7-5-,8-6-. The highest BCUT2D eigenvalue weighted by molar-refractivity contribution is 6.11. The molecule has 0 amide bonds. The Hall–Kier alpha value is -2.03. The molecule has 0 heterocycles. The van der Waals surface area contributed by atoms with E-state index in [1.165, 1.54) is 12.2 Å². The van der Waals surface area contributed by atoms with E-state index >= 15 is 0 Å². The molecule has 0 aliphatic carbocycles. The van der Waals surface area contributed by atoms with E-state index in [0.29, 0.717) is 0 Å². The predicted octanol–water partition coefficient (Wildman–Crippen LogP) is 3.75. The van der Waals surface area contributed by atoms with Crippen molar-refractivity contribution in [3.8, 4) is 0 Å². The van der Waals surface area contributed by atoms with Gasteiger partial charge in [0.25, 0.3) is 0 Å². The number of allylic oxidation sites excluding steroid dienone is 8. The van der Waals surface area contributed by atoms with Gasteiger partial charge in [-0.2, -0.15) is 0 Å². The number of hydrogen-bond acceptors (Lipinski definition) is 1. The summed E-state index contributed by atoms with van der Waals surface area (Å²) in [6, 6.07) is 0. The first-order valence-corrected chi connectivity index (χ1v) is 4.32. The molecule has 0 saturated heterocycles. The lowest BCUT2D eigenvalue weighted by Crippen LogP contribution is -2.00.